The van der Waals surface area contributed by atoms with Crippen molar-refractivity contribution < 1.29 is 24.2 Å². The van der Waals surface area contributed by atoms with Crippen LogP contribution in [0, 0.1) is 12.3 Å². The molecule has 3 rings (SSSR count). The lowest BCUT2D eigenvalue weighted by Gasteiger charge is -2.21. The molecule has 11 heteroatoms. The summed E-state index contributed by atoms with van der Waals surface area (Å²) in [6.45, 7) is 5.61. The summed E-state index contributed by atoms with van der Waals surface area (Å²) in [7, 11) is 0. The number of ether oxygens (including phenoxy) is 1. The summed E-state index contributed by atoms with van der Waals surface area (Å²) in [4.78, 5) is 36.7. The Morgan fingerprint density at radius 2 is 1.71 bits per heavy atom. The number of nitrogen functional groups attached to an aromatic ring is 1. The average Bonchev–Trinajstić information content (AvgIpc) is 2.91. The van der Waals surface area contributed by atoms with Gasteiger partial charge in [-0.1, -0.05) is 11.6 Å². The van der Waals surface area contributed by atoms with E-state index in [1.165, 1.54) is 0 Å². The van der Waals surface area contributed by atoms with Gasteiger partial charge in [0.25, 0.3) is 5.91 Å². The van der Waals surface area contributed by atoms with E-state index in [2.05, 4.69) is 16.0 Å². The number of carboxylic acids is 1. The van der Waals surface area contributed by atoms with Crippen molar-refractivity contribution in [3.05, 3.63) is 82.4 Å². The Morgan fingerprint density at radius 1 is 1.00 bits per heavy atom. The van der Waals surface area contributed by atoms with E-state index in [0.29, 0.717) is 45.1 Å². The van der Waals surface area contributed by atoms with Crippen molar-refractivity contribution in [1.82, 2.24) is 0 Å². The smallest absolute Gasteiger partial charge is 0.303 e. The first-order valence-corrected chi connectivity index (χ1v) is 13.1. The molecule has 0 fully saturated rings. The van der Waals surface area contributed by atoms with Gasteiger partial charge in [-0.15, -0.1) is 0 Å². The molecular weight excluding hydrogens is 524 g/mol. The topological polar surface area (TPSA) is 193 Å². The van der Waals surface area contributed by atoms with Gasteiger partial charge in [0, 0.05) is 41.7 Å². The number of amides is 2. The molecule has 3 aromatic rings. The fourth-order valence-corrected chi connectivity index (χ4v) is 4.14. The van der Waals surface area contributed by atoms with E-state index in [9.17, 15) is 19.5 Å². The zero-order valence-electron chi connectivity index (χ0n) is 23.3. The third kappa shape index (κ3) is 8.80. The molecule has 9 N–H and O–H groups in total. The molecule has 0 spiro atoms. The lowest BCUT2D eigenvalue weighted by atomic mass is 9.99. The van der Waals surface area contributed by atoms with E-state index in [1.54, 1.807) is 48.5 Å². The molecule has 0 radical (unpaired) electrons. The Labute approximate surface area is 238 Å². The highest BCUT2D eigenvalue weighted by Gasteiger charge is 2.18. The number of carbonyl (C=O) groups is 3. The van der Waals surface area contributed by atoms with Crippen LogP contribution in [-0.4, -0.2) is 41.4 Å². The second-order valence-electron chi connectivity index (χ2n) is 9.77. The molecule has 2 amide bonds. The summed E-state index contributed by atoms with van der Waals surface area (Å²) in [5.74, 6) is -1.28. The number of carboxylic acid groups (broad SMARTS) is 1. The standard InChI is InChI=1S/C30H36N6O5/c1-17(2)41-26-14-22(35-27(37)15-31)13-20(23(26)9-11-28(38)39)16-34-25-10-4-18(3)12-24(25)30(40)36-21-7-5-19(6-8-21)29(32)33/h4-8,10,12-14,17,34H,9,11,15-16,31H2,1-3H3,(H3,32,33)(H,35,37)(H,36,40)(H,38,39). The second-order valence-corrected chi connectivity index (χ2v) is 9.77. The zero-order chi connectivity index (χ0) is 30.1. The van der Waals surface area contributed by atoms with Crippen LogP contribution in [0.3, 0.4) is 0 Å². The van der Waals surface area contributed by atoms with Crippen molar-refractivity contribution in [2.45, 2.75) is 46.3 Å². The molecule has 0 saturated heterocycles. The largest absolute Gasteiger partial charge is 0.491 e. The summed E-state index contributed by atoms with van der Waals surface area (Å²) in [5, 5.41) is 25.8. The van der Waals surface area contributed by atoms with Crippen molar-refractivity contribution >= 4 is 40.7 Å². The summed E-state index contributed by atoms with van der Waals surface area (Å²) in [6.07, 6.45) is -0.107. The number of hydrogen-bond acceptors (Lipinski definition) is 7. The number of rotatable bonds is 13. The van der Waals surface area contributed by atoms with Gasteiger partial charge < -0.3 is 37.3 Å². The molecule has 0 aliphatic heterocycles. The van der Waals surface area contributed by atoms with Gasteiger partial charge in [-0.3, -0.25) is 19.8 Å². The minimum absolute atomic E-state index is 0.0654. The highest BCUT2D eigenvalue weighted by atomic mass is 16.5. The average molecular weight is 561 g/mol. The number of benzene rings is 3. The molecular formula is C30H36N6O5. The number of aliphatic carboxylic acids is 1. The molecule has 0 bridgehead atoms. The molecule has 0 atom stereocenters. The zero-order valence-corrected chi connectivity index (χ0v) is 23.3. The third-order valence-electron chi connectivity index (χ3n) is 6.06. The van der Waals surface area contributed by atoms with Gasteiger partial charge in [0.2, 0.25) is 5.91 Å². The maximum atomic E-state index is 13.3. The molecule has 0 aliphatic carbocycles. The maximum Gasteiger partial charge on any atom is 0.303 e. The van der Waals surface area contributed by atoms with E-state index in [0.717, 1.165) is 5.56 Å². The van der Waals surface area contributed by atoms with Crippen LogP contribution in [0.5, 0.6) is 5.75 Å². The van der Waals surface area contributed by atoms with E-state index in [4.69, 9.17) is 21.6 Å². The first kappa shape index (κ1) is 30.6. The number of aryl methyl sites for hydroxylation is 1. The van der Waals surface area contributed by atoms with Crippen LogP contribution in [0.25, 0.3) is 0 Å². The summed E-state index contributed by atoms with van der Waals surface area (Å²) in [5.41, 5.74) is 15.8. The maximum absolute atomic E-state index is 13.3. The Morgan fingerprint density at radius 3 is 2.32 bits per heavy atom. The number of nitrogens with two attached hydrogens (primary N) is 2. The van der Waals surface area contributed by atoms with Gasteiger partial charge in [0.1, 0.15) is 11.6 Å². The van der Waals surface area contributed by atoms with Crippen molar-refractivity contribution in [1.29, 1.82) is 5.41 Å². The van der Waals surface area contributed by atoms with Crippen molar-refractivity contribution in [2.24, 2.45) is 11.5 Å². The van der Waals surface area contributed by atoms with Gasteiger partial charge in [0.15, 0.2) is 0 Å². The molecule has 216 valence electrons. The summed E-state index contributed by atoms with van der Waals surface area (Å²) in [6, 6.07) is 15.5. The Kier molecular flexibility index (Phi) is 10.4. The van der Waals surface area contributed by atoms with Gasteiger partial charge >= 0.3 is 5.97 Å². The van der Waals surface area contributed by atoms with Gasteiger partial charge in [-0.2, -0.15) is 0 Å². The second kappa shape index (κ2) is 13.9. The molecule has 0 heterocycles. The summed E-state index contributed by atoms with van der Waals surface area (Å²) < 4.78 is 6.00. The van der Waals surface area contributed by atoms with E-state index >= 15 is 0 Å². The predicted octanol–water partition coefficient (Wildman–Crippen LogP) is 3.85. The molecule has 41 heavy (non-hydrogen) atoms. The molecule has 0 saturated carbocycles. The highest BCUT2D eigenvalue weighted by molar-refractivity contribution is 6.08. The monoisotopic (exact) mass is 560 g/mol. The Hall–Kier alpha value is -4.90. The van der Waals surface area contributed by atoms with Crippen LogP contribution >= 0.6 is 0 Å². The van der Waals surface area contributed by atoms with Crippen LogP contribution in [0.4, 0.5) is 17.1 Å². The summed E-state index contributed by atoms with van der Waals surface area (Å²) >= 11 is 0. The fourth-order valence-electron chi connectivity index (χ4n) is 4.14. The lowest BCUT2D eigenvalue weighted by molar-refractivity contribution is -0.137. The molecule has 11 nitrogen and oxygen atoms in total. The number of hydrogen-bond donors (Lipinski definition) is 7. The number of anilines is 3. The predicted molar refractivity (Wildman–Crippen MR) is 160 cm³/mol. The number of carbonyl (C=O) groups excluding carboxylic acids is 2. The van der Waals surface area contributed by atoms with Crippen molar-refractivity contribution in [2.75, 3.05) is 22.5 Å². The first-order chi connectivity index (χ1) is 19.5. The van der Waals surface area contributed by atoms with Crippen LogP contribution in [-0.2, 0) is 22.6 Å². The van der Waals surface area contributed by atoms with Crippen LogP contribution < -0.4 is 32.2 Å². The van der Waals surface area contributed by atoms with Gasteiger partial charge in [-0.05, 0) is 80.8 Å². The minimum Gasteiger partial charge on any atom is -0.491 e. The third-order valence-corrected chi connectivity index (χ3v) is 6.06. The van der Waals surface area contributed by atoms with Gasteiger partial charge in [-0.25, -0.2) is 0 Å². The minimum atomic E-state index is -0.950. The van der Waals surface area contributed by atoms with Crippen molar-refractivity contribution in [3.63, 3.8) is 0 Å². The van der Waals surface area contributed by atoms with Crippen LogP contribution in [0.1, 0.15) is 52.9 Å². The fraction of sp³-hybridized carbons (Fsp3) is 0.267. The molecule has 0 aromatic heterocycles. The lowest BCUT2D eigenvalue weighted by Crippen LogP contribution is -2.22. The van der Waals surface area contributed by atoms with Gasteiger partial charge in [0.05, 0.1) is 18.2 Å². The molecule has 0 aliphatic rings. The van der Waals surface area contributed by atoms with E-state index in [-0.39, 0.29) is 49.7 Å². The first-order valence-electron chi connectivity index (χ1n) is 13.1. The van der Waals surface area contributed by atoms with E-state index in [1.807, 2.05) is 26.8 Å². The highest BCUT2D eigenvalue weighted by Crippen LogP contribution is 2.31. The Balaban J connectivity index is 1.94. The molecule has 0 unspecified atom stereocenters. The SMILES string of the molecule is Cc1ccc(NCc2cc(NC(=O)CN)cc(OC(C)C)c2CCC(=O)O)c(C(=O)Nc2ccc(C(=N)N)cc2)c1. The number of nitrogens with one attached hydrogen (secondary N) is 4. The number of amidine groups is 1. The quantitative estimate of drug-likeness (QED) is 0.121. The van der Waals surface area contributed by atoms with E-state index < -0.39 is 5.97 Å². The van der Waals surface area contributed by atoms with Crippen LogP contribution in [0.2, 0.25) is 0 Å². The van der Waals surface area contributed by atoms with Crippen molar-refractivity contribution in [3.8, 4) is 5.75 Å². The molecule has 3 aromatic carbocycles. The van der Waals surface area contributed by atoms with Crippen LogP contribution in [0.15, 0.2) is 54.6 Å². The Bertz CT molecular complexity index is 1440. The normalized spacial score (nSPS) is 10.7.